The Morgan fingerprint density at radius 3 is 2.90 bits per heavy atom. The zero-order chi connectivity index (χ0) is 13.8. The lowest BCUT2D eigenvalue weighted by Crippen LogP contribution is -2.62. The average Bonchev–Trinajstić information content (AvgIpc) is 2.49. The predicted octanol–water partition coefficient (Wildman–Crippen LogP) is 0.785. The second-order valence-corrected chi connectivity index (χ2v) is 6.63. The highest BCUT2D eigenvalue weighted by molar-refractivity contribution is 7.99. The molecule has 0 bridgehead atoms. The molecule has 0 radical (unpaired) electrons. The number of nitrogens with zero attached hydrogens (tertiary/aromatic N) is 2. The third kappa shape index (κ3) is 3.54. The van der Waals surface area contributed by atoms with Gasteiger partial charge in [0.15, 0.2) is 0 Å². The summed E-state index contributed by atoms with van der Waals surface area (Å²) < 4.78 is 0. The Labute approximate surface area is 125 Å². The lowest BCUT2D eigenvalue weighted by molar-refractivity contribution is -0.0381. The molecule has 1 aromatic rings. The van der Waals surface area contributed by atoms with Gasteiger partial charge in [-0.2, -0.15) is 11.8 Å². The second kappa shape index (κ2) is 6.91. The highest BCUT2D eigenvalue weighted by atomic mass is 32.2. The van der Waals surface area contributed by atoms with Crippen LogP contribution in [-0.4, -0.2) is 65.0 Å². The summed E-state index contributed by atoms with van der Waals surface area (Å²) in [6.07, 6.45) is -0.0220. The van der Waals surface area contributed by atoms with Crippen LogP contribution in [0.2, 0.25) is 0 Å². The van der Waals surface area contributed by atoms with Crippen molar-refractivity contribution in [3.8, 4) is 0 Å². The molecule has 2 unspecified atom stereocenters. The van der Waals surface area contributed by atoms with Crippen LogP contribution in [0.25, 0.3) is 0 Å². The Morgan fingerprint density at radius 2 is 2.10 bits per heavy atom. The minimum atomic E-state index is -0.303. The number of aliphatic hydroxyl groups is 1. The summed E-state index contributed by atoms with van der Waals surface area (Å²) in [5.41, 5.74) is 1.36. The Hall–Kier alpha value is -0.590. The van der Waals surface area contributed by atoms with Crippen molar-refractivity contribution < 1.29 is 5.11 Å². The van der Waals surface area contributed by atoms with E-state index in [-0.39, 0.29) is 12.4 Å². The lowest BCUT2D eigenvalue weighted by atomic mass is 10.2. The maximum absolute atomic E-state index is 10.1. The van der Waals surface area contributed by atoms with E-state index in [1.165, 1.54) is 5.56 Å². The first kappa shape index (κ1) is 14.4. The van der Waals surface area contributed by atoms with Crippen LogP contribution >= 0.6 is 11.8 Å². The summed E-state index contributed by atoms with van der Waals surface area (Å²) in [6, 6.07) is 10.6. The molecule has 4 nitrogen and oxygen atoms in total. The van der Waals surface area contributed by atoms with Crippen molar-refractivity contribution in [2.24, 2.45) is 0 Å². The van der Waals surface area contributed by atoms with Gasteiger partial charge in [0.2, 0.25) is 0 Å². The van der Waals surface area contributed by atoms with Gasteiger partial charge in [0.05, 0.1) is 6.17 Å². The number of thioether (sulfide) groups is 1. The van der Waals surface area contributed by atoms with E-state index in [9.17, 15) is 5.11 Å². The predicted molar refractivity (Wildman–Crippen MR) is 83.5 cm³/mol. The molecule has 2 atom stereocenters. The van der Waals surface area contributed by atoms with Crippen molar-refractivity contribution in [1.82, 2.24) is 15.1 Å². The van der Waals surface area contributed by atoms with E-state index in [0.717, 1.165) is 44.2 Å². The fourth-order valence-electron chi connectivity index (χ4n) is 2.96. The molecule has 2 aliphatic heterocycles. The molecule has 5 heteroatoms. The second-order valence-electron chi connectivity index (χ2n) is 5.48. The lowest BCUT2D eigenvalue weighted by Gasteiger charge is -2.43. The van der Waals surface area contributed by atoms with Crippen LogP contribution in [0, 0.1) is 0 Å². The molecule has 20 heavy (non-hydrogen) atoms. The molecular weight excluding hydrogens is 270 g/mol. The molecule has 0 spiro atoms. The van der Waals surface area contributed by atoms with Gasteiger partial charge in [-0.1, -0.05) is 30.3 Å². The van der Waals surface area contributed by atoms with Crippen LogP contribution in [0.15, 0.2) is 30.3 Å². The molecule has 1 aromatic carbocycles. The van der Waals surface area contributed by atoms with E-state index >= 15 is 0 Å². The molecule has 2 fully saturated rings. The van der Waals surface area contributed by atoms with E-state index < -0.39 is 0 Å². The van der Waals surface area contributed by atoms with Gasteiger partial charge in [-0.3, -0.25) is 15.1 Å². The standard InChI is InChI=1S/C15H23N3OS/c19-15-12-20-9-8-18(15)14-11-17(7-6-16-14)10-13-4-2-1-3-5-13/h1-5,14-16,19H,6-12H2. The fraction of sp³-hybridized carbons (Fsp3) is 0.600. The van der Waals surface area contributed by atoms with Gasteiger partial charge >= 0.3 is 0 Å². The number of rotatable bonds is 3. The van der Waals surface area contributed by atoms with Crippen molar-refractivity contribution >= 4 is 11.8 Å². The van der Waals surface area contributed by atoms with Gasteiger partial charge in [-0.05, 0) is 5.56 Å². The molecule has 0 saturated carbocycles. The molecule has 0 amide bonds. The van der Waals surface area contributed by atoms with E-state index in [1.807, 2.05) is 11.8 Å². The maximum atomic E-state index is 10.1. The molecule has 2 aliphatic rings. The summed E-state index contributed by atoms with van der Waals surface area (Å²) in [4.78, 5) is 4.69. The van der Waals surface area contributed by atoms with Crippen molar-refractivity contribution in [3.63, 3.8) is 0 Å². The summed E-state index contributed by atoms with van der Waals surface area (Å²) in [6.45, 7) is 5.02. The van der Waals surface area contributed by atoms with Gasteiger partial charge in [0.1, 0.15) is 6.23 Å². The van der Waals surface area contributed by atoms with Gasteiger partial charge < -0.3 is 5.11 Å². The number of piperazine rings is 1. The Kier molecular flexibility index (Phi) is 4.96. The number of hydrogen-bond donors (Lipinski definition) is 2. The van der Waals surface area contributed by atoms with Crippen LogP contribution in [0.1, 0.15) is 5.56 Å². The van der Waals surface area contributed by atoms with Gasteiger partial charge in [-0.15, -0.1) is 0 Å². The zero-order valence-corrected chi connectivity index (χ0v) is 12.6. The first-order valence-electron chi connectivity index (χ1n) is 7.34. The monoisotopic (exact) mass is 293 g/mol. The molecule has 110 valence electrons. The maximum Gasteiger partial charge on any atom is 0.117 e. The minimum absolute atomic E-state index is 0.281. The third-order valence-corrected chi connectivity index (χ3v) is 5.04. The number of benzene rings is 1. The highest BCUT2D eigenvalue weighted by Crippen LogP contribution is 2.18. The number of aliphatic hydroxyl groups excluding tert-OH is 1. The molecule has 2 saturated heterocycles. The SMILES string of the molecule is OC1CSCCN1C1CN(Cc2ccccc2)CCN1. The largest absolute Gasteiger partial charge is 0.377 e. The first-order chi connectivity index (χ1) is 9.83. The van der Waals surface area contributed by atoms with E-state index in [0.29, 0.717) is 0 Å². The Bertz CT molecular complexity index is 417. The number of hydrogen-bond acceptors (Lipinski definition) is 5. The van der Waals surface area contributed by atoms with E-state index in [4.69, 9.17) is 0 Å². The fourth-order valence-corrected chi connectivity index (χ4v) is 3.87. The van der Waals surface area contributed by atoms with E-state index in [2.05, 4.69) is 45.4 Å². The molecule has 3 rings (SSSR count). The van der Waals surface area contributed by atoms with Crippen molar-refractivity contribution in [1.29, 1.82) is 0 Å². The van der Waals surface area contributed by atoms with Gasteiger partial charge in [-0.25, -0.2) is 0 Å². The van der Waals surface area contributed by atoms with Crippen LogP contribution in [0.4, 0.5) is 0 Å². The van der Waals surface area contributed by atoms with Crippen LogP contribution in [0.5, 0.6) is 0 Å². The van der Waals surface area contributed by atoms with E-state index in [1.54, 1.807) is 0 Å². The van der Waals surface area contributed by atoms with Crippen molar-refractivity contribution in [3.05, 3.63) is 35.9 Å². The molecule has 2 heterocycles. The quantitative estimate of drug-likeness (QED) is 0.862. The Balaban J connectivity index is 1.58. The Morgan fingerprint density at radius 1 is 1.25 bits per heavy atom. The van der Waals surface area contributed by atoms with Crippen LogP contribution < -0.4 is 5.32 Å². The molecule has 0 aliphatic carbocycles. The minimum Gasteiger partial charge on any atom is -0.377 e. The summed E-state index contributed by atoms with van der Waals surface area (Å²) in [5, 5.41) is 13.7. The normalized spacial score (nSPS) is 29.4. The molecule has 0 aromatic heterocycles. The summed E-state index contributed by atoms with van der Waals surface area (Å²) in [7, 11) is 0. The number of nitrogens with one attached hydrogen (secondary N) is 1. The highest BCUT2D eigenvalue weighted by Gasteiger charge is 2.30. The van der Waals surface area contributed by atoms with Gasteiger partial charge in [0.25, 0.3) is 0 Å². The third-order valence-electron chi connectivity index (χ3n) is 4.03. The van der Waals surface area contributed by atoms with Crippen LogP contribution in [0.3, 0.4) is 0 Å². The van der Waals surface area contributed by atoms with Gasteiger partial charge in [0, 0.05) is 44.2 Å². The molecule has 2 N–H and O–H groups in total. The summed E-state index contributed by atoms with van der Waals surface area (Å²) >= 11 is 1.84. The van der Waals surface area contributed by atoms with Crippen molar-refractivity contribution in [2.75, 3.05) is 37.7 Å². The topological polar surface area (TPSA) is 38.7 Å². The zero-order valence-electron chi connectivity index (χ0n) is 11.7. The average molecular weight is 293 g/mol. The smallest absolute Gasteiger partial charge is 0.117 e. The van der Waals surface area contributed by atoms with Crippen molar-refractivity contribution in [2.45, 2.75) is 18.9 Å². The van der Waals surface area contributed by atoms with Crippen LogP contribution in [-0.2, 0) is 6.54 Å². The first-order valence-corrected chi connectivity index (χ1v) is 8.49. The molecular formula is C15H23N3OS. The summed E-state index contributed by atoms with van der Waals surface area (Å²) in [5.74, 6) is 1.95.